The lowest BCUT2D eigenvalue weighted by atomic mass is 10.0. The van der Waals surface area contributed by atoms with E-state index in [1.165, 1.54) is 0 Å². The Morgan fingerprint density at radius 1 is 1.29 bits per heavy atom. The van der Waals surface area contributed by atoms with Crippen molar-refractivity contribution in [2.24, 2.45) is 5.73 Å². The first-order valence-corrected chi connectivity index (χ1v) is 4.47. The molecule has 0 saturated carbocycles. The average molecular weight is 188 g/mol. The largest absolute Gasteiger partial charge is 0.472 e. The van der Waals surface area contributed by atoms with Gasteiger partial charge in [0.25, 0.3) is 0 Å². The van der Waals surface area contributed by atoms with Gasteiger partial charge in [-0.3, -0.25) is 4.98 Å². The minimum Gasteiger partial charge on any atom is -0.472 e. The zero-order valence-electron chi connectivity index (χ0n) is 7.97. The van der Waals surface area contributed by atoms with Crippen molar-refractivity contribution in [3.05, 3.63) is 53.7 Å². The van der Waals surface area contributed by atoms with E-state index in [1.807, 2.05) is 25.1 Å². The number of nitrogens with two attached hydrogens (primary N) is 1. The van der Waals surface area contributed by atoms with E-state index < -0.39 is 0 Å². The molecule has 0 aromatic carbocycles. The van der Waals surface area contributed by atoms with Crippen LogP contribution in [0.2, 0.25) is 0 Å². The molecule has 0 radical (unpaired) electrons. The standard InChI is InChI=1S/C11H12N2O/c1-8-2-3-9(6-13-8)11(12)10-4-5-14-7-10/h2-7,11H,12H2,1H3. The molecule has 0 aliphatic carbocycles. The molecule has 3 nitrogen and oxygen atoms in total. The van der Waals surface area contributed by atoms with Crippen LogP contribution in [0.15, 0.2) is 41.3 Å². The van der Waals surface area contributed by atoms with Crippen molar-refractivity contribution in [2.75, 3.05) is 0 Å². The Kier molecular flexibility index (Phi) is 2.33. The van der Waals surface area contributed by atoms with Crippen LogP contribution in [0.1, 0.15) is 22.9 Å². The Morgan fingerprint density at radius 2 is 2.14 bits per heavy atom. The highest BCUT2D eigenvalue weighted by molar-refractivity contribution is 5.27. The maximum atomic E-state index is 6.01. The van der Waals surface area contributed by atoms with Crippen LogP contribution in [-0.4, -0.2) is 4.98 Å². The maximum absolute atomic E-state index is 6.01. The van der Waals surface area contributed by atoms with Crippen LogP contribution in [-0.2, 0) is 0 Å². The maximum Gasteiger partial charge on any atom is 0.0953 e. The third kappa shape index (κ3) is 1.67. The van der Waals surface area contributed by atoms with Crippen molar-refractivity contribution in [3.8, 4) is 0 Å². The molecule has 1 unspecified atom stereocenters. The SMILES string of the molecule is Cc1ccc(C(N)c2ccoc2)cn1. The molecule has 0 saturated heterocycles. The van der Waals surface area contributed by atoms with E-state index in [0.717, 1.165) is 16.8 Å². The van der Waals surface area contributed by atoms with Gasteiger partial charge >= 0.3 is 0 Å². The third-order valence-electron chi connectivity index (χ3n) is 2.20. The Morgan fingerprint density at radius 3 is 2.71 bits per heavy atom. The van der Waals surface area contributed by atoms with E-state index in [0.29, 0.717) is 0 Å². The van der Waals surface area contributed by atoms with Gasteiger partial charge in [0.15, 0.2) is 0 Å². The molecule has 2 rings (SSSR count). The molecule has 3 heteroatoms. The molecule has 0 aliphatic heterocycles. The van der Waals surface area contributed by atoms with E-state index in [1.54, 1.807) is 18.7 Å². The predicted molar refractivity (Wildman–Crippen MR) is 53.7 cm³/mol. The van der Waals surface area contributed by atoms with Crippen molar-refractivity contribution in [1.29, 1.82) is 0 Å². The minimum absolute atomic E-state index is 0.151. The van der Waals surface area contributed by atoms with Crippen LogP contribution < -0.4 is 5.73 Å². The Balaban J connectivity index is 2.28. The molecule has 0 amide bonds. The summed E-state index contributed by atoms with van der Waals surface area (Å²) in [5.74, 6) is 0. The first-order chi connectivity index (χ1) is 6.77. The van der Waals surface area contributed by atoms with Crippen molar-refractivity contribution < 1.29 is 4.42 Å². The van der Waals surface area contributed by atoms with Gasteiger partial charge < -0.3 is 10.2 Å². The van der Waals surface area contributed by atoms with Gasteiger partial charge in [0.2, 0.25) is 0 Å². The predicted octanol–water partition coefficient (Wildman–Crippen LogP) is 2.03. The van der Waals surface area contributed by atoms with Crippen molar-refractivity contribution in [2.45, 2.75) is 13.0 Å². The van der Waals surface area contributed by atoms with Gasteiger partial charge in [-0.2, -0.15) is 0 Å². The summed E-state index contributed by atoms with van der Waals surface area (Å²) in [5, 5.41) is 0. The highest BCUT2D eigenvalue weighted by Crippen LogP contribution is 2.18. The topological polar surface area (TPSA) is 52.0 Å². The Hall–Kier alpha value is -1.61. The summed E-state index contributed by atoms with van der Waals surface area (Å²) in [4.78, 5) is 4.20. The van der Waals surface area contributed by atoms with Crippen molar-refractivity contribution >= 4 is 0 Å². The second-order valence-corrected chi connectivity index (χ2v) is 3.27. The molecular formula is C11H12N2O. The van der Waals surface area contributed by atoms with Crippen molar-refractivity contribution in [3.63, 3.8) is 0 Å². The van der Waals surface area contributed by atoms with E-state index in [-0.39, 0.29) is 6.04 Å². The van der Waals surface area contributed by atoms with Gasteiger partial charge in [0.05, 0.1) is 18.6 Å². The monoisotopic (exact) mass is 188 g/mol. The summed E-state index contributed by atoms with van der Waals surface area (Å²) in [7, 11) is 0. The normalized spacial score (nSPS) is 12.7. The van der Waals surface area contributed by atoms with Crippen LogP contribution in [0.25, 0.3) is 0 Å². The Bertz CT molecular complexity index is 392. The Labute approximate surface area is 82.6 Å². The van der Waals surface area contributed by atoms with E-state index >= 15 is 0 Å². The highest BCUT2D eigenvalue weighted by atomic mass is 16.3. The minimum atomic E-state index is -0.151. The number of hydrogen-bond donors (Lipinski definition) is 1. The molecular weight excluding hydrogens is 176 g/mol. The van der Waals surface area contributed by atoms with Crippen molar-refractivity contribution in [1.82, 2.24) is 4.98 Å². The summed E-state index contributed by atoms with van der Waals surface area (Å²) in [5.41, 5.74) is 8.97. The second kappa shape index (κ2) is 3.64. The van der Waals surface area contributed by atoms with E-state index in [2.05, 4.69) is 4.98 Å². The fourth-order valence-electron chi connectivity index (χ4n) is 1.31. The molecule has 0 bridgehead atoms. The summed E-state index contributed by atoms with van der Waals surface area (Å²) in [6, 6.07) is 5.65. The number of aromatic nitrogens is 1. The van der Waals surface area contributed by atoms with Crippen LogP contribution in [0, 0.1) is 6.92 Å². The summed E-state index contributed by atoms with van der Waals surface area (Å²) in [6.07, 6.45) is 5.08. The van der Waals surface area contributed by atoms with Gasteiger partial charge in [0.1, 0.15) is 0 Å². The molecule has 2 heterocycles. The van der Waals surface area contributed by atoms with Gasteiger partial charge in [-0.15, -0.1) is 0 Å². The average Bonchev–Trinajstić information content (AvgIpc) is 2.71. The molecule has 72 valence electrons. The first kappa shape index (κ1) is 8.97. The number of aryl methyl sites for hydroxylation is 1. The van der Waals surface area contributed by atoms with Gasteiger partial charge in [0, 0.05) is 17.5 Å². The lowest BCUT2D eigenvalue weighted by Gasteiger charge is -2.08. The third-order valence-corrected chi connectivity index (χ3v) is 2.20. The quantitative estimate of drug-likeness (QED) is 0.784. The van der Waals surface area contributed by atoms with Crippen LogP contribution in [0.3, 0.4) is 0 Å². The number of nitrogens with zero attached hydrogens (tertiary/aromatic N) is 1. The van der Waals surface area contributed by atoms with E-state index in [4.69, 9.17) is 10.2 Å². The van der Waals surface area contributed by atoms with Gasteiger partial charge in [-0.05, 0) is 24.6 Å². The second-order valence-electron chi connectivity index (χ2n) is 3.27. The molecule has 2 N–H and O–H groups in total. The highest BCUT2D eigenvalue weighted by Gasteiger charge is 2.09. The smallest absolute Gasteiger partial charge is 0.0953 e. The molecule has 0 aliphatic rings. The summed E-state index contributed by atoms with van der Waals surface area (Å²) < 4.78 is 4.98. The molecule has 1 atom stereocenters. The molecule has 14 heavy (non-hydrogen) atoms. The molecule has 0 fully saturated rings. The zero-order chi connectivity index (χ0) is 9.97. The van der Waals surface area contributed by atoms with E-state index in [9.17, 15) is 0 Å². The van der Waals surface area contributed by atoms with Crippen LogP contribution in [0.5, 0.6) is 0 Å². The number of furan rings is 1. The molecule has 2 aromatic rings. The molecule has 0 spiro atoms. The summed E-state index contributed by atoms with van der Waals surface area (Å²) >= 11 is 0. The van der Waals surface area contributed by atoms with Gasteiger partial charge in [-0.1, -0.05) is 6.07 Å². The zero-order valence-corrected chi connectivity index (χ0v) is 7.97. The van der Waals surface area contributed by atoms with Gasteiger partial charge in [-0.25, -0.2) is 0 Å². The fraction of sp³-hybridized carbons (Fsp3) is 0.182. The number of rotatable bonds is 2. The lowest BCUT2D eigenvalue weighted by molar-refractivity contribution is 0.562. The first-order valence-electron chi connectivity index (χ1n) is 4.47. The number of hydrogen-bond acceptors (Lipinski definition) is 3. The fourth-order valence-corrected chi connectivity index (χ4v) is 1.31. The molecule has 2 aromatic heterocycles. The van der Waals surface area contributed by atoms with Crippen LogP contribution in [0.4, 0.5) is 0 Å². The number of pyridine rings is 1. The van der Waals surface area contributed by atoms with Crippen LogP contribution >= 0.6 is 0 Å². The lowest BCUT2D eigenvalue weighted by Crippen LogP contribution is -2.11. The summed E-state index contributed by atoms with van der Waals surface area (Å²) in [6.45, 7) is 1.95.